The van der Waals surface area contributed by atoms with Crippen molar-refractivity contribution in [3.63, 3.8) is 0 Å². The highest BCUT2D eigenvalue weighted by molar-refractivity contribution is 6.11. The summed E-state index contributed by atoms with van der Waals surface area (Å²) in [6, 6.07) is 0. The number of aliphatic carboxylic acids is 1. The molecule has 6 nitrogen and oxygen atoms in total. The van der Waals surface area contributed by atoms with Crippen LogP contribution in [0.25, 0.3) is 0 Å². The van der Waals surface area contributed by atoms with E-state index in [1.54, 1.807) is 0 Å². The SMILES string of the molecule is N=C1C=C(C(=O)O)Cc2n[nH]nc21. The van der Waals surface area contributed by atoms with E-state index in [4.69, 9.17) is 10.5 Å². The summed E-state index contributed by atoms with van der Waals surface area (Å²) < 4.78 is 0. The molecule has 1 aliphatic carbocycles. The molecule has 0 saturated carbocycles. The largest absolute Gasteiger partial charge is 0.478 e. The van der Waals surface area contributed by atoms with Gasteiger partial charge in [0.15, 0.2) is 0 Å². The smallest absolute Gasteiger partial charge is 0.332 e. The summed E-state index contributed by atoms with van der Waals surface area (Å²) in [4.78, 5) is 10.6. The summed E-state index contributed by atoms with van der Waals surface area (Å²) in [5.41, 5.74) is 1.22. The van der Waals surface area contributed by atoms with Crippen LogP contribution in [-0.4, -0.2) is 32.2 Å². The number of H-pyrrole nitrogens is 1. The van der Waals surface area contributed by atoms with Crippen LogP contribution < -0.4 is 0 Å². The van der Waals surface area contributed by atoms with Crippen molar-refractivity contribution in [1.29, 1.82) is 5.41 Å². The van der Waals surface area contributed by atoms with Crippen LogP contribution in [-0.2, 0) is 11.2 Å². The maximum atomic E-state index is 10.6. The first-order valence-corrected chi connectivity index (χ1v) is 3.61. The standard InChI is InChI=1S/C7H6N4O2/c8-4-1-3(7(12)13)2-5-6(4)10-11-9-5/h1,8H,2H2,(H,12,13)(H,9,10,11). The molecule has 1 heterocycles. The number of nitrogens with one attached hydrogen (secondary N) is 2. The maximum Gasteiger partial charge on any atom is 0.332 e. The number of rotatable bonds is 1. The molecule has 0 radical (unpaired) electrons. The van der Waals surface area contributed by atoms with Crippen LogP contribution in [0.4, 0.5) is 0 Å². The fourth-order valence-corrected chi connectivity index (χ4v) is 1.20. The fraction of sp³-hybridized carbons (Fsp3) is 0.143. The Morgan fingerprint density at radius 3 is 3.08 bits per heavy atom. The van der Waals surface area contributed by atoms with Crippen molar-refractivity contribution in [3.8, 4) is 0 Å². The van der Waals surface area contributed by atoms with Crippen LogP contribution in [0.3, 0.4) is 0 Å². The Balaban J connectivity index is 2.45. The molecule has 0 spiro atoms. The van der Waals surface area contributed by atoms with Crippen molar-refractivity contribution >= 4 is 11.7 Å². The van der Waals surface area contributed by atoms with E-state index >= 15 is 0 Å². The molecule has 3 N–H and O–H groups in total. The van der Waals surface area contributed by atoms with Crippen LogP contribution >= 0.6 is 0 Å². The van der Waals surface area contributed by atoms with Crippen LogP contribution in [0.15, 0.2) is 11.6 Å². The molecule has 13 heavy (non-hydrogen) atoms. The molecule has 0 fully saturated rings. The van der Waals surface area contributed by atoms with Crippen molar-refractivity contribution in [3.05, 3.63) is 23.0 Å². The summed E-state index contributed by atoms with van der Waals surface area (Å²) in [5, 5.41) is 26.0. The molecule has 0 unspecified atom stereocenters. The predicted octanol–water partition coefficient (Wildman–Crippen LogP) is -0.260. The molecule has 0 aliphatic heterocycles. The number of hydrogen-bond acceptors (Lipinski definition) is 4. The molecule has 0 bridgehead atoms. The average Bonchev–Trinajstić information content (AvgIpc) is 2.51. The predicted molar refractivity (Wildman–Crippen MR) is 42.6 cm³/mol. The first kappa shape index (κ1) is 7.66. The lowest BCUT2D eigenvalue weighted by Crippen LogP contribution is -2.14. The van der Waals surface area contributed by atoms with E-state index < -0.39 is 5.97 Å². The molecular weight excluding hydrogens is 172 g/mol. The van der Waals surface area contributed by atoms with Gasteiger partial charge >= 0.3 is 5.97 Å². The summed E-state index contributed by atoms with van der Waals surface area (Å²) in [7, 11) is 0. The number of nitrogens with zero attached hydrogens (tertiary/aromatic N) is 2. The highest BCUT2D eigenvalue weighted by Gasteiger charge is 2.22. The molecule has 66 valence electrons. The second kappa shape index (κ2) is 2.51. The third kappa shape index (κ3) is 1.12. The monoisotopic (exact) mass is 178 g/mol. The van der Waals surface area contributed by atoms with Gasteiger partial charge in [0.05, 0.1) is 11.4 Å². The zero-order chi connectivity index (χ0) is 9.42. The van der Waals surface area contributed by atoms with Gasteiger partial charge in [-0.1, -0.05) is 0 Å². The Morgan fingerprint density at radius 2 is 2.38 bits per heavy atom. The molecular formula is C7H6N4O2. The third-order valence-corrected chi connectivity index (χ3v) is 1.83. The van der Waals surface area contributed by atoms with Crippen molar-refractivity contribution in [2.45, 2.75) is 6.42 Å². The third-order valence-electron chi connectivity index (χ3n) is 1.83. The van der Waals surface area contributed by atoms with Gasteiger partial charge in [-0.25, -0.2) is 4.79 Å². The summed E-state index contributed by atoms with van der Waals surface area (Å²) in [5.74, 6) is -1.02. The van der Waals surface area contributed by atoms with Gasteiger partial charge in [-0.3, -0.25) is 5.41 Å². The topological polar surface area (TPSA) is 103 Å². The van der Waals surface area contributed by atoms with E-state index in [-0.39, 0.29) is 17.7 Å². The van der Waals surface area contributed by atoms with E-state index in [0.29, 0.717) is 11.4 Å². The van der Waals surface area contributed by atoms with Crippen LogP contribution in [0.1, 0.15) is 11.4 Å². The van der Waals surface area contributed by atoms with Crippen molar-refractivity contribution in [2.24, 2.45) is 0 Å². The Bertz CT molecular complexity index is 418. The highest BCUT2D eigenvalue weighted by Crippen LogP contribution is 2.16. The second-order valence-electron chi connectivity index (χ2n) is 2.68. The average molecular weight is 178 g/mol. The molecule has 1 aliphatic rings. The van der Waals surface area contributed by atoms with Crippen molar-refractivity contribution in [1.82, 2.24) is 15.4 Å². The quantitative estimate of drug-likeness (QED) is 0.551. The lowest BCUT2D eigenvalue weighted by molar-refractivity contribution is -0.132. The summed E-state index contributed by atoms with van der Waals surface area (Å²) in [6.45, 7) is 0. The second-order valence-corrected chi connectivity index (χ2v) is 2.68. The number of carboxylic acids is 1. The van der Waals surface area contributed by atoms with Crippen molar-refractivity contribution < 1.29 is 9.90 Å². The number of allylic oxidation sites excluding steroid dienone is 1. The van der Waals surface area contributed by atoms with Crippen LogP contribution in [0.5, 0.6) is 0 Å². The number of carbonyl (C=O) groups is 1. The van der Waals surface area contributed by atoms with Gasteiger partial charge in [-0.2, -0.15) is 15.4 Å². The van der Waals surface area contributed by atoms with Gasteiger partial charge in [-0.05, 0) is 6.08 Å². The van der Waals surface area contributed by atoms with Crippen LogP contribution in [0.2, 0.25) is 0 Å². The van der Waals surface area contributed by atoms with E-state index in [1.807, 2.05) is 0 Å². The van der Waals surface area contributed by atoms with Gasteiger partial charge in [-0.15, -0.1) is 0 Å². The van der Waals surface area contributed by atoms with Gasteiger partial charge in [0.25, 0.3) is 0 Å². The van der Waals surface area contributed by atoms with Crippen LogP contribution in [0, 0.1) is 5.41 Å². The van der Waals surface area contributed by atoms with E-state index in [2.05, 4.69) is 15.4 Å². The first-order chi connectivity index (χ1) is 6.18. The molecule has 0 aromatic carbocycles. The Kier molecular flexibility index (Phi) is 1.48. The van der Waals surface area contributed by atoms with E-state index in [9.17, 15) is 4.79 Å². The maximum absolute atomic E-state index is 10.6. The van der Waals surface area contributed by atoms with Gasteiger partial charge in [0.1, 0.15) is 5.69 Å². The zero-order valence-corrected chi connectivity index (χ0v) is 6.53. The minimum Gasteiger partial charge on any atom is -0.478 e. The van der Waals surface area contributed by atoms with Crippen molar-refractivity contribution in [2.75, 3.05) is 0 Å². The summed E-state index contributed by atoms with van der Waals surface area (Å²) >= 11 is 0. The number of fused-ring (bicyclic) bond motifs is 1. The van der Waals surface area contributed by atoms with E-state index in [1.165, 1.54) is 6.08 Å². The molecule has 0 saturated heterocycles. The van der Waals surface area contributed by atoms with Gasteiger partial charge in [0, 0.05) is 12.0 Å². The Hall–Kier alpha value is -1.98. The molecule has 1 aromatic rings. The molecule has 1 aromatic heterocycles. The lowest BCUT2D eigenvalue weighted by atomic mass is 9.99. The van der Waals surface area contributed by atoms with Gasteiger partial charge in [0.2, 0.25) is 0 Å². The zero-order valence-electron chi connectivity index (χ0n) is 6.53. The fourth-order valence-electron chi connectivity index (χ4n) is 1.20. The molecule has 6 heteroatoms. The Labute approximate surface area is 72.8 Å². The number of hydrogen-bond donors (Lipinski definition) is 3. The summed E-state index contributed by atoms with van der Waals surface area (Å²) in [6.07, 6.45) is 1.52. The number of aromatic nitrogens is 3. The molecule has 2 rings (SSSR count). The highest BCUT2D eigenvalue weighted by atomic mass is 16.4. The lowest BCUT2D eigenvalue weighted by Gasteiger charge is -2.07. The molecule has 0 atom stereocenters. The molecule has 0 amide bonds. The number of carboxylic acid groups (broad SMARTS) is 1. The minimum absolute atomic E-state index is 0.0902. The normalized spacial score (nSPS) is 15.1. The minimum atomic E-state index is -1.02. The Morgan fingerprint density at radius 1 is 1.62 bits per heavy atom. The van der Waals surface area contributed by atoms with Gasteiger partial charge < -0.3 is 5.11 Å². The van der Waals surface area contributed by atoms with E-state index in [0.717, 1.165) is 0 Å². The first-order valence-electron chi connectivity index (χ1n) is 3.61. The number of aromatic amines is 1.